The summed E-state index contributed by atoms with van der Waals surface area (Å²) in [5.74, 6) is 0.861. The molecule has 1 aliphatic rings. The fraction of sp³-hybridized carbons (Fsp3) is 0.450. The van der Waals surface area contributed by atoms with Gasteiger partial charge in [-0.3, -0.25) is 0 Å². The molecule has 1 amide bonds. The summed E-state index contributed by atoms with van der Waals surface area (Å²) < 4.78 is 10.9. The summed E-state index contributed by atoms with van der Waals surface area (Å²) in [7, 11) is 0. The Bertz CT molecular complexity index is 687. The van der Waals surface area contributed by atoms with Crippen LogP contribution in [0.2, 0.25) is 0 Å². The van der Waals surface area contributed by atoms with Crippen LogP contribution in [0.25, 0.3) is 11.3 Å². The van der Waals surface area contributed by atoms with Crippen molar-refractivity contribution in [1.82, 2.24) is 4.90 Å². The zero-order valence-electron chi connectivity index (χ0n) is 15.1. The van der Waals surface area contributed by atoms with Gasteiger partial charge in [0, 0.05) is 30.4 Å². The number of carbonyl (C=O) groups is 1. The fourth-order valence-corrected chi connectivity index (χ4v) is 3.00. The number of nitrogens with zero attached hydrogens (tertiary/aromatic N) is 1. The summed E-state index contributed by atoms with van der Waals surface area (Å²) in [6.07, 6.45) is 3.46. The molecule has 5 nitrogen and oxygen atoms in total. The lowest BCUT2D eigenvalue weighted by molar-refractivity contribution is 0.0206. The second-order valence-corrected chi connectivity index (χ2v) is 7.46. The van der Waals surface area contributed by atoms with Crippen molar-refractivity contribution >= 4 is 11.8 Å². The van der Waals surface area contributed by atoms with Crippen molar-refractivity contribution in [1.29, 1.82) is 0 Å². The SMILES string of the molecule is CC(C)(C)OC(=O)N1CCCC(Nc2ccc(-c3ccco3)cc2)C1. The number of nitrogens with one attached hydrogen (secondary N) is 1. The molecule has 1 aromatic heterocycles. The number of carbonyl (C=O) groups excluding carboxylic acids is 1. The van der Waals surface area contributed by atoms with Crippen LogP contribution in [-0.2, 0) is 4.74 Å². The lowest BCUT2D eigenvalue weighted by Gasteiger charge is -2.34. The molecule has 0 radical (unpaired) electrons. The molecule has 1 saturated heterocycles. The first kappa shape index (κ1) is 17.4. The van der Waals surface area contributed by atoms with Crippen LogP contribution in [0.1, 0.15) is 33.6 Å². The first-order chi connectivity index (χ1) is 11.9. The summed E-state index contributed by atoms with van der Waals surface area (Å²) >= 11 is 0. The van der Waals surface area contributed by atoms with Gasteiger partial charge in [0.25, 0.3) is 0 Å². The molecule has 5 heteroatoms. The third kappa shape index (κ3) is 4.78. The van der Waals surface area contributed by atoms with Crippen molar-refractivity contribution in [3.8, 4) is 11.3 Å². The van der Waals surface area contributed by atoms with Gasteiger partial charge in [0.2, 0.25) is 0 Å². The minimum Gasteiger partial charge on any atom is -0.464 e. The third-order valence-electron chi connectivity index (χ3n) is 4.13. The largest absolute Gasteiger partial charge is 0.464 e. The molecular formula is C20H26N2O3. The van der Waals surface area contributed by atoms with Crippen LogP contribution in [0, 0.1) is 0 Å². The van der Waals surface area contributed by atoms with Gasteiger partial charge in [0.15, 0.2) is 0 Å². The topological polar surface area (TPSA) is 54.7 Å². The van der Waals surface area contributed by atoms with Gasteiger partial charge in [-0.25, -0.2) is 4.79 Å². The number of benzene rings is 1. The molecule has 1 N–H and O–H groups in total. The number of likely N-dealkylation sites (tertiary alicyclic amines) is 1. The maximum Gasteiger partial charge on any atom is 0.410 e. The van der Waals surface area contributed by atoms with E-state index in [2.05, 4.69) is 5.32 Å². The van der Waals surface area contributed by atoms with Crippen LogP contribution in [0.3, 0.4) is 0 Å². The van der Waals surface area contributed by atoms with E-state index >= 15 is 0 Å². The van der Waals surface area contributed by atoms with Gasteiger partial charge in [-0.1, -0.05) is 0 Å². The number of furan rings is 1. The Hall–Kier alpha value is -2.43. The Morgan fingerprint density at radius 3 is 2.64 bits per heavy atom. The fourth-order valence-electron chi connectivity index (χ4n) is 3.00. The molecule has 0 saturated carbocycles. The van der Waals surface area contributed by atoms with Gasteiger partial charge in [-0.15, -0.1) is 0 Å². The lowest BCUT2D eigenvalue weighted by Crippen LogP contribution is -2.46. The van der Waals surface area contributed by atoms with Crippen molar-refractivity contribution in [3.63, 3.8) is 0 Å². The van der Waals surface area contributed by atoms with Gasteiger partial charge in [0.05, 0.1) is 6.26 Å². The molecule has 1 aliphatic heterocycles. The summed E-state index contributed by atoms with van der Waals surface area (Å²) in [4.78, 5) is 14.0. The van der Waals surface area contributed by atoms with Gasteiger partial charge < -0.3 is 19.4 Å². The molecule has 1 aromatic carbocycles. The molecule has 1 atom stereocenters. The van der Waals surface area contributed by atoms with E-state index in [0.29, 0.717) is 6.54 Å². The maximum atomic E-state index is 12.3. The molecular weight excluding hydrogens is 316 g/mol. The molecule has 0 bridgehead atoms. The standard InChI is InChI=1S/C20H26N2O3/c1-20(2,3)25-19(23)22-12-4-6-17(14-22)21-16-10-8-15(9-11-16)18-7-5-13-24-18/h5,7-11,13,17,21H,4,6,12,14H2,1-3H3. The van der Waals surface area contributed by atoms with Crippen molar-refractivity contribution in [2.75, 3.05) is 18.4 Å². The summed E-state index contributed by atoms with van der Waals surface area (Å²) in [5, 5.41) is 3.52. The number of ether oxygens (including phenoxy) is 1. The Kier molecular flexibility index (Phi) is 5.02. The van der Waals surface area contributed by atoms with Gasteiger partial charge in [-0.2, -0.15) is 0 Å². The summed E-state index contributed by atoms with van der Waals surface area (Å²) in [6.45, 7) is 7.10. The number of rotatable bonds is 3. The Morgan fingerprint density at radius 1 is 1.24 bits per heavy atom. The Morgan fingerprint density at radius 2 is 2.00 bits per heavy atom. The molecule has 25 heavy (non-hydrogen) atoms. The maximum absolute atomic E-state index is 12.3. The molecule has 2 aromatic rings. The van der Waals surface area contributed by atoms with E-state index in [1.54, 1.807) is 11.2 Å². The van der Waals surface area contributed by atoms with Crippen LogP contribution in [0.5, 0.6) is 0 Å². The number of piperidine rings is 1. The number of amides is 1. The zero-order valence-corrected chi connectivity index (χ0v) is 15.1. The van der Waals surface area contributed by atoms with Crippen LogP contribution in [0.15, 0.2) is 47.1 Å². The Balaban J connectivity index is 1.58. The first-order valence-electron chi connectivity index (χ1n) is 8.79. The quantitative estimate of drug-likeness (QED) is 0.874. The summed E-state index contributed by atoms with van der Waals surface area (Å²) in [5.41, 5.74) is 1.64. The van der Waals surface area contributed by atoms with Gasteiger partial charge in [0.1, 0.15) is 11.4 Å². The highest BCUT2D eigenvalue weighted by Crippen LogP contribution is 2.23. The second-order valence-electron chi connectivity index (χ2n) is 7.46. The second kappa shape index (κ2) is 7.21. The number of hydrogen-bond donors (Lipinski definition) is 1. The van der Waals surface area contributed by atoms with E-state index in [9.17, 15) is 4.79 Å². The third-order valence-corrected chi connectivity index (χ3v) is 4.13. The predicted molar refractivity (Wildman–Crippen MR) is 98.6 cm³/mol. The van der Waals surface area contributed by atoms with Crippen LogP contribution < -0.4 is 5.32 Å². The monoisotopic (exact) mass is 342 g/mol. The van der Waals surface area contributed by atoms with E-state index in [1.807, 2.05) is 57.2 Å². The normalized spacial score (nSPS) is 18.0. The number of hydrogen-bond acceptors (Lipinski definition) is 4. The highest BCUT2D eigenvalue weighted by Gasteiger charge is 2.27. The Labute approximate surface area is 149 Å². The van der Waals surface area contributed by atoms with E-state index in [4.69, 9.17) is 9.15 Å². The van der Waals surface area contributed by atoms with Crippen molar-refractivity contribution < 1.29 is 13.9 Å². The first-order valence-corrected chi connectivity index (χ1v) is 8.79. The molecule has 2 heterocycles. The van der Waals surface area contributed by atoms with Crippen molar-refractivity contribution in [2.45, 2.75) is 45.3 Å². The van der Waals surface area contributed by atoms with Crippen molar-refractivity contribution in [2.24, 2.45) is 0 Å². The van der Waals surface area contributed by atoms with E-state index in [0.717, 1.165) is 36.4 Å². The summed E-state index contributed by atoms with van der Waals surface area (Å²) in [6, 6.07) is 12.2. The van der Waals surface area contributed by atoms with Crippen LogP contribution in [0.4, 0.5) is 10.5 Å². The van der Waals surface area contributed by atoms with Crippen molar-refractivity contribution in [3.05, 3.63) is 42.7 Å². The lowest BCUT2D eigenvalue weighted by atomic mass is 10.1. The average molecular weight is 342 g/mol. The van der Waals surface area contributed by atoms with Crippen LogP contribution in [-0.4, -0.2) is 35.7 Å². The minimum absolute atomic E-state index is 0.229. The molecule has 0 spiro atoms. The van der Waals surface area contributed by atoms with E-state index in [-0.39, 0.29) is 12.1 Å². The molecule has 1 fully saturated rings. The predicted octanol–water partition coefficient (Wildman–Crippen LogP) is 4.76. The van der Waals surface area contributed by atoms with E-state index in [1.165, 1.54) is 0 Å². The number of anilines is 1. The minimum atomic E-state index is -0.459. The highest BCUT2D eigenvalue weighted by molar-refractivity contribution is 5.68. The molecule has 1 unspecified atom stereocenters. The zero-order chi connectivity index (χ0) is 17.9. The van der Waals surface area contributed by atoms with Gasteiger partial charge in [-0.05, 0) is 70.0 Å². The highest BCUT2D eigenvalue weighted by atomic mass is 16.6. The molecule has 0 aliphatic carbocycles. The average Bonchev–Trinajstić information content (AvgIpc) is 3.09. The van der Waals surface area contributed by atoms with Crippen LogP contribution >= 0.6 is 0 Å². The smallest absolute Gasteiger partial charge is 0.410 e. The molecule has 3 rings (SSSR count). The van der Waals surface area contributed by atoms with Gasteiger partial charge >= 0.3 is 6.09 Å². The van der Waals surface area contributed by atoms with E-state index < -0.39 is 5.60 Å². The molecule has 134 valence electrons.